The van der Waals surface area contributed by atoms with Gasteiger partial charge in [-0.2, -0.15) is 11.8 Å². The Kier molecular flexibility index (Phi) is 4.55. The van der Waals surface area contributed by atoms with Crippen LogP contribution >= 0.6 is 27.7 Å². The Morgan fingerprint density at radius 2 is 2.44 bits per heavy atom. The summed E-state index contributed by atoms with van der Waals surface area (Å²) in [5.74, 6) is 3.48. The molecule has 1 fully saturated rings. The van der Waals surface area contributed by atoms with Crippen molar-refractivity contribution in [1.82, 2.24) is 5.32 Å². The smallest absolute Gasteiger partial charge is 0.123 e. The van der Waals surface area contributed by atoms with Crippen LogP contribution in [0.25, 0.3) is 0 Å². The zero-order valence-electron chi connectivity index (χ0n) is 9.33. The lowest BCUT2D eigenvalue weighted by molar-refractivity contribution is 0.406. The summed E-state index contributed by atoms with van der Waals surface area (Å²) in [7, 11) is 1.72. The molecule has 4 heteroatoms. The standard InChI is InChI=1S/C12H16BrNOS/c1-15-12-3-2-10(13)6-9(12)7-14-11-4-5-16-8-11/h2-3,6,11,14H,4-5,7-8H2,1H3. The molecule has 1 atom stereocenters. The van der Waals surface area contributed by atoms with Crippen molar-refractivity contribution in [3.63, 3.8) is 0 Å². The second kappa shape index (κ2) is 5.94. The van der Waals surface area contributed by atoms with Gasteiger partial charge >= 0.3 is 0 Å². The molecule has 88 valence electrons. The van der Waals surface area contributed by atoms with Gasteiger partial charge in [0.2, 0.25) is 0 Å². The summed E-state index contributed by atoms with van der Waals surface area (Å²) in [6.45, 7) is 0.883. The number of rotatable bonds is 4. The third-order valence-electron chi connectivity index (χ3n) is 2.75. The van der Waals surface area contributed by atoms with Crippen molar-refractivity contribution in [3.05, 3.63) is 28.2 Å². The minimum absolute atomic E-state index is 0.661. The Morgan fingerprint density at radius 3 is 3.12 bits per heavy atom. The molecule has 2 rings (SSSR count). The normalized spacial score (nSPS) is 20.0. The third kappa shape index (κ3) is 3.15. The molecule has 0 aliphatic carbocycles. The Labute approximate surface area is 109 Å². The van der Waals surface area contributed by atoms with E-state index in [1.54, 1.807) is 7.11 Å². The molecule has 1 heterocycles. The van der Waals surface area contributed by atoms with Crippen molar-refractivity contribution in [1.29, 1.82) is 0 Å². The topological polar surface area (TPSA) is 21.3 Å². The first-order valence-electron chi connectivity index (χ1n) is 5.43. The Hall–Kier alpha value is -0.190. The maximum absolute atomic E-state index is 5.35. The Balaban J connectivity index is 1.98. The lowest BCUT2D eigenvalue weighted by atomic mass is 10.2. The maximum atomic E-state index is 5.35. The van der Waals surface area contributed by atoms with Gasteiger partial charge in [0, 0.05) is 28.4 Å². The van der Waals surface area contributed by atoms with E-state index in [9.17, 15) is 0 Å². The number of ether oxygens (including phenoxy) is 1. The molecule has 1 aromatic carbocycles. The first-order chi connectivity index (χ1) is 7.79. The van der Waals surface area contributed by atoms with Crippen LogP contribution in [0.5, 0.6) is 5.75 Å². The van der Waals surface area contributed by atoms with Crippen LogP contribution < -0.4 is 10.1 Å². The molecule has 0 spiro atoms. The molecular formula is C12H16BrNOS. The Morgan fingerprint density at radius 1 is 1.56 bits per heavy atom. The number of hydrogen-bond donors (Lipinski definition) is 1. The van der Waals surface area contributed by atoms with Crippen molar-refractivity contribution < 1.29 is 4.74 Å². The number of methoxy groups -OCH3 is 1. The summed E-state index contributed by atoms with van der Waals surface area (Å²) < 4.78 is 6.45. The molecule has 0 saturated carbocycles. The van der Waals surface area contributed by atoms with Crippen LogP contribution in [-0.4, -0.2) is 24.7 Å². The lowest BCUT2D eigenvalue weighted by Gasteiger charge is -2.13. The first-order valence-corrected chi connectivity index (χ1v) is 7.38. The van der Waals surface area contributed by atoms with Gasteiger partial charge < -0.3 is 10.1 Å². The summed E-state index contributed by atoms with van der Waals surface area (Å²) >= 11 is 5.52. The van der Waals surface area contributed by atoms with E-state index < -0.39 is 0 Å². The molecule has 1 aliphatic heterocycles. The summed E-state index contributed by atoms with van der Waals surface area (Å²) in [6, 6.07) is 6.79. The van der Waals surface area contributed by atoms with Crippen molar-refractivity contribution in [2.24, 2.45) is 0 Å². The fourth-order valence-electron chi connectivity index (χ4n) is 1.84. The molecule has 1 unspecified atom stereocenters. The molecule has 0 aromatic heterocycles. The zero-order valence-corrected chi connectivity index (χ0v) is 11.7. The molecule has 1 aromatic rings. The van der Waals surface area contributed by atoms with Crippen molar-refractivity contribution >= 4 is 27.7 Å². The quantitative estimate of drug-likeness (QED) is 0.923. The number of benzene rings is 1. The molecular weight excluding hydrogens is 286 g/mol. The van der Waals surface area contributed by atoms with E-state index in [2.05, 4.69) is 27.3 Å². The maximum Gasteiger partial charge on any atom is 0.123 e. The summed E-state index contributed by atoms with van der Waals surface area (Å²) in [6.07, 6.45) is 1.28. The molecule has 1 saturated heterocycles. The van der Waals surface area contributed by atoms with Crippen LogP contribution in [0, 0.1) is 0 Å². The number of hydrogen-bond acceptors (Lipinski definition) is 3. The van der Waals surface area contributed by atoms with E-state index in [4.69, 9.17) is 4.74 Å². The predicted molar refractivity (Wildman–Crippen MR) is 73.3 cm³/mol. The minimum Gasteiger partial charge on any atom is -0.496 e. The van der Waals surface area contributed by atoms with Crippen LogP contribution in [0.15, 0.2) is 22.7 Å². The van der Waals surface area contributed by atoms with Gasteiger partial charge in [-0.3, -0.25) is 0 Å². The van der Waals surface area contributed by atoms with E-state index in [0.29, 0.717) is 6.04 Å². The van der Waals surface area contributed by atoms with Crippen molar-refractivity contribution in [2.45, 2.75) is 19.0 Å². The number of halogens is 1. The molecule has 2 nitrogen and oxygen atoms in total. The van der Waals surface area contributed by atoms with Crippen LogP contribution in [0.4, 0.5) is 0 Å². The van der Waals surface area contributed by atoms with Gasteiger partial charge in [0.25, 0.3) is 0 Å². The predicted octanol–water partition coefficient (Wildman–Crippen LogP) is 3.05. The van der Waals surface area contributed by atoms with Gasteiger partial charge in [-0.1, -0.05) is 15.9 Å². The highest BCUT2D eigenvalue weighted by molar-refractivity contribution is 9.10. The molecule has 16 heavy (non-hydrogen) atoms. The van der Waals surface area contributed by atoms with E-state index in [1.165, 1.54) is 23.5 Å². The molecule has 1 aliphatic rings. The fourth-order valence-corrected chi connectivity index (χ4v) is 3.43. The van der Waals surface area contributed by atoms with Gasteiger partial charge in [0.05, 0.1) is 7.11 Å². The van der Waals surface area contributed by atoms with E-state index in [1.807, 2.05) is 23.9 Å². The van der Waals surface area contributed by atoms with E-state index in [-0.39, 0.29) is 0 Å². The number of thioether (sulfide) groups is 1. The Bertz CT molecular complexity index is 353. The van der Waals surface area contributed by atoms with E-state index >= 15 is 0 Å². The average Bonchev–Trinajstić information content (AvgIpc) is 2.79. The van der Waals surface area contributed by atoms with Crippen LogP contribution in [-0.2, 0) is 6.54 Å². The van der Waals surface area contributed by atoms with Crippen molar-refractivity contribution in [3.8, 4) is 5.75 Å². The van der Waals surface area contributed by atoms with E-state index in [0.717, 1.165) is 16.8 Å². The largest absolute Gasteiger partial charge is 0.496 e. The second-order valence-corrected chi connectivity index (χ2v) is 5.96. The minimum atomic E-state index is 0.661. The fraction of sp³-hybridized carbons (Fsp3) is 0.500. The van der Waals surface area contributed by atoms with Gasteiger partial charge in [-0.15, -0.1) is 0 Å². The second-order valence-electron chi connectivity index (χ2n) is 3.90. The molecule has 0 bridgehead atoms. The van der Waals surface area contributed by atoms with Gasteiger partial charge in [0.15, 0.2) is 0 Å². The van der Waals surface area contributed by atoms with Crippen molar-refractivity contribution in [2.75, 3.05) is 18.6 Å². The summed E-state index contributed by atoms with van der Waals surface area (Å²) in [5, 5.41) is 3.58. The zero-order chi connectivity index (χ0) is 11.4. The monoisotopic (exact) mass is 301 g/mol. The SMILES string of the molecule is COc1ccc(Br)cc1CNC1CCSC1. The average molecular weight is 302 g/mol. The first kappa shape index (κ1) is 12.3. The van der Waals surface area contributed by atoms with Gasteiger partial charge in [-0.25, -0.2) is 0 Å². The molecule has 0 radical (unpaired) electrons. The molecule has 1 N–H and O–H groups in total. The third-order valence-corrected chi connectivity index (χ3v) is 4.41. The number of nitrogens with one attached hydrogen (secondary N) is 1. The summed E-state index contributed by atoms with van der Waals surface area (Å²) in [4.78, 5) is 0. The van der Waals surface area contributed by atoms with Crippen LogP contribution in [0.1, 0.15) is 12.0 Å². The van der Waals surface area contributed by atoms with Gasteiger partial charge in [0.1, 0.15) is 5.75 Å². The highest BCUT2D eigenvalue weighted by Gasteiger charge is 2.15. The lowest BCUT2D eigenvalue weighted by Crippen LogP contribution is -2.28. The van der Waals surface area contributed by atoms with Gasteiger partial charge in [-0.05, 0) is 30.4 Å². The van der Waals surface area contributed by atoms with Crippen LogP contribution in [0.2, 0.25) is 0 Å². The molecule has 0 amide bonds. The highest BCUT2D eigenvalue weighted by atomic mass is 79.9. The summed E-state index contributed by atoms with van der Waals surface area (Å²) in [5.41, 5.74) is 1.22. The highest BCUT2D eigenvalue weighted by Crippen LogP contribution is 2.24. The van der Waals surface area contributed by atoms with Crippen LogP contribution in [0.3, 0.4) is 0 Å².